The Hall–Kier alpha value is -2.07. The molecule has 0 bridgehead atoms. The molecule has 1 aliphatic carbocycles. The second-order valence-electron chi connectivity index (χ2n) is 7.11. The van der Waals surface area contributed by atoms with Gasteiger partial charge in [-0.05, 0) is 65.3 Å². The van der Waals surface area contributed by atoms with Gasteiger partial charge in [0.2, 0.25) is 0 Å². The number of benzene rings is 2. The molecule has 3 rings (SSSR count). The molecule has 24 heavy (non-hydrogen) atoms. The molecule has 0 spiro atoms. The Labute approximate surface area is 146 Å². The van der Waals surface area contributed by atoms with E-state index in [0.717, 1.165) is 16.9 Å². The van der Waals surface area contributed by atoms with Crippen molar-refractivity contribution in [3.05, 3.63) is 53.6 Å². The highest BCUT2D eigenvalue weighted by Crippen LogP contribution is 2.34. The van der Waals surface area contributed by atoms with Crippen LogP contribution >= 0.6 is 0 Å². The van der Waals surface area contributed by atoms with Crippen molar-refractivity contribution in [2.24, 2.45) is 5.92 Å². The summed E-state index contributed by atoms with van der Waals surface area (Å²) in [4.78, 5) is 0. The first-order valence-corrected chi connectivity index (χ1v) is 9.43. The van der Waals surface area contributed by atoms with Crippen LogP contribution in [0.15, 0.2) is 42.5 Å². The molecule has 0 heterocycles. The monoisotopic (exact) mass is 317 g/mol. The Morgan fingerprint density at radius 1 is 1.04 bits per heavy atom. The van der Waals surface area contributed by atoms with Gasteiger partial charge in [-0.2, -0.15) is 5.26 Å². The quantitative estimate of drug-likeness (QED) is 0.533. The van der Waals surface area contributed by atoms with Gasteiger partial charge < -0.3 is 0 Å². The summed E-state index contributed by atoms with van der Waals surface area (Å²) >= 11 is 0. The number of nitriles is 1. The van der Waals surface area contributed by atoms with Crippen molar-refractivity contribution >= 4 is 16.3 Å². The fraction of sp³-hybridized carbons (Fsp3) is 0.435. The molecule has 1 nitrogen and oxygen atoms in total. The maximum atomic E-state index is 9.01. The molecule has 1 heteroatoms. The first-order chi connectivity index (χ1) is 11.8. The molecule has 124 valence electrons. The van der Waals surface area contributed by atoms with E-state index >= 15 is 0 Å². The van der Waals surface area contributed by atoms with E-state index in [2.05, 4.69) is 43.3 Å². The number of allylic oxidation sites excluding steroid dienone is 2. The van der Waals surface area contributed by atoms with Crippen LogP contribution in [-0.2, 0) is 0 Å². The second kappa shape index (κ2) is 8.15. The van der Waals surface area contributed by atoms with Crippen LogP contribution in [0.4, 0.5) is 0 Å². The standard InChI is InChI=1S/C23H27N/c1-2-3-4-5-6-18-7-10-20(11-8-18)22-14-13-21-15-19(17-24)9-12-23(21)16-22/h9-10,12-16,18H,2-8,11H2,1H3. The zero-order chi connectivity index (χ0) is 16.8. The van der Waals surface area contributed by atoms with Gasteiger partial charge in [-0.25, -0.2) is 0 Å². The van der Waals surface area contributed by atoms with Gasteiger partial charge in [0.05, 0.1) is 11.6 Å². The summed E-state index contributed by atoms with van der Waals surface area (Å²) in [5.74, 6) is 0.893. The van der Waals surface area contributed by atoms with E-state index in [1.54, 1.807) is 0 Å². The maximum absolute atomic E-state index is 9.01. The van der Waals surface area contributed by atoms with Crippen molar-refractivity contribution in [3.63, 3.8) is 0 Å². The summed E-state index contributed by atoms with van der Waals surface area (Å²) < 4.78 is 0. The highest BCUT2D eigenvalue weighted by molar-refractivity contribution is 5.87. The van der Waals surface area contributed by atoms with Crippen molar-refractivity contribution in [2.45, 2.75) is 58.3 Å². The lowest BCUT2D eigenvalue weighted by Gasteiger charge is -2.22. The molecule has 0 amide bonds. The lowest BCUT2D eigenvalue weighted by atomic mass is 9.83. The Kier molecular flexibility index (Phi) is 5.70. The summed E-state index contributed by atoms with van der Waals surface area (Å²) in [7, 11) is 0. The normalized spacial score (nSPS) is 17.5. The van der Waals surface area contributed by atoms with Gasteiger partial charge >= 0.3 is 0 Å². The highest BCUT2D eigenvalue weighted by atomic mass is 14.2. The van der Waals surface area contributed by atoms with Gasteiger partial charge in [0.25, 0.3) is 0 Å². The first-order valence-electron chi connectivity index (χ1n) is 9.43. The third-order valence-corrected chi connectivity index (χ3v) is 5.33. The highest BCUT2D eigenvalue weighted by Gasteiger charge is 2.15. The summed E-state index contributed by atoms with van der Waals surface area (Å²) in [6, 6.07) is 14.8. The average Bonchev–Trinajstić information content (AvgIpc) is 2.65. The molecule has 1 aliphatic rings. The van der Waals surface area contributed by atoms with Gasteiger partial charge in [-0.1, -0.05) is 63.3 Å². The second-order valence-corrected chi connectivity index (χ2v) is 7.11. The minimum atomic E-state index is 0.734. The fourth-order valence-corrected chi connectivity index (χ4v) is 3.79. The first kappa shape index (κ1) is 16.8. The Bertz CT molecular complexity index is 763. The van der Waals surface area contributed by atoms with Crippen LogP contribution in [0.25, 0.3) is 16.3 Å². The van der Waals surface area contributed by atoms with Crippen LogP contribution in [0.2, 0.25) is 0 Å². The van der Waals surface area contributed by atoms with Crippen molar-refractivity contribution in [1.29, 1.82) is 5.26 Å². The summed E-state index contributed by atoms with van der Waals surface area (Å²) in [5, 5.41) is 11.4. The maximum Gasteiger partial charge on any atom is 0.0991 e. The zero-order valence-corrected chi connectivity index (χ0v) is 14.7. The topological polar surface area (TPSA) is 23.8 Å². The SMILES string of the molecule is CCCCCCC1CC=C(c2ccc3cc(C#N)ccc3c2)CC1. The molecule has 0 saturated carbocycles. The fourth-order valence-electron chi connectivity index (χ4n) is 3.79. The van der Waals surface area contributed by atoms with Crippen molar-refractivity contribution < 1.29 is 0 Å². The lowest BCUT2D eigenvalue weighted by molar-refractivity contribution is 0.425. The molecule has 1 unspecified atom stereocenters. The Balaban J connectivity index is 1.66. The van der Waals surface area contributed by atoms with Crippen LogP contribution in [-0.4, -0.2) is 0 Å². The van der Waals surface area contributed by atoms with Crippen LogP contribution in [0.1, 0.15) is 69.4 Å². The van der Waals surface area contributed by atoms with E-state index in [1.807, 2.05) is 12.1 Å². The number of hydrogen-bond donors (Lipinski definition) is 0. The molecule has 2 aromatic rings. The minimum absolute atomic E-state index is 0.734. The molecule has 0 radical (unpaired) electrons. The number of rotatable bonds is 6. The average molecular weight is 317 g/mol. The largest absolute Gasteiger partial charge is 0.192 e. The molecular formula is C23H27N. The minimum Gasteiger partial charge on any atom is -0.192 e. The van der Waals surface area contributed by atoms with E-state index in [4.69, 9.17) is 5.26 Å². The van der Waals surface area contributed by atoms with E-state index in [-0.39, 0.29) is 0 Å². The third-order valence-electron chi connectivity index (χ3n) is 5.33. The number of hydrogen-bond acceptors (Lipinski definition) is 1. The molecule has 0 aromatic heterocycles. The van der Waals surface area contributed by atoms with Crippen LogP contribution in [0, 0.1) is 17.2 Å². The molecule has 0 aliphatic heterocycles. The van der Waals surface area contributed by atoms with E-state index < -0.39 is 0 Å². The van der Waals surface area contributed by atoms with Gasteiger partial charge in [0, 0.05) is 0 Å². The molecule has 1 atom stereocenters. The van der Waals surface area contributed by atoms with Crippen molar-refractivity contribution in [3.8, 4) is 6.07 Å². The van der Waals surface area contributed by atoms with Crippen molar-refractivity contribution in [1.82, 2.24) is 0 Å². The van der Waals surface area contributed by atoms with E-state index in [9.17, 15) is 0 Å². The summed E-state index contributed by atoms with van der Waals surface area (Å²) in [6.45, 7) is 2.28. The Morgan fingerprint density at radius 2 is 1.88 bits per heavy atom. The summed E-state index contributed by atoms with van der Waals surface area (Å²) in [6.07, 6.45) is 13.2. The number of nitrogens with zero attached hydrogens (tertiary/aromatic N) is 1. The predicted octanol–water partition coefficient (Wildman–Crippen LogP) is 6.87. The van der Waals surface area contributed by atoms with Crippen LogP contribution < -0.4 is 0 Å². The van der Waals surface area contributed by atoms with Crippen molar-refractivity contribution in [2.75, 3.05) is 0 Å². The molecule has 0 fully saturated rings. The van der Waals surface area contributed by atoms with Crippen LogP contribution in [0.5, 0.6) is 0 Å². The molecule has 0 N–H and O–H groups in total. The molecular weight excluding hydrogens is 290 g/mol. The predicted molar refractivity (Wildman–Crippen MR) is 103 cm³/mol. The van der Waals surface area contributed by atoms with E-state index in [0.29, 0.717) is 0 Å². The molecule has 0 saturated heterocycles. The molecule has 2 aromatic carbocycles. The van der Waals surface area contributed by atoms with Crippen LogP contribution in [0.3, 0.4) is 0 Å². The smallest absolute Gasteiger partial charge is 0.0991 e. The van der Waals surface area contributed by atoms with Gasteiger partial charge in [0.1, 0.15) is 0 Å². The zero-order valence-electron chi connectivity index (χ0n) is 14.7. The van der Waals surface area contributed by atoms with Gasteiger partial charge in [-0.3, -0.25) is 0 Å². The Morgan fingerprint density at radius 3 is 2.62 bits per heavy atom. The summed E-state index contributed by atoms with van der Waals surface area (Å²) in [5.41, 5.74) is 3.60. The van der Waals surface area contributed by atoms with Gasteiger partial charge in [0.15, 0.2) is 0 Å². The lowest BCUT2D eigenvalue weighted by Crippen LogP contribution is -2.05. The number of unbranched alkanes of at least 4 members (excludes halogenated alkanes) is 3. The number of fused-ring (bicyclic) bond motifs is 1. The third kappa shape index (κ3) is 4.06. The van der Waals surface area contributed by atoms with Gasteiger partial charge in [-0.15, -0.1) is 0 Å². The van der Waals surface area contributed by atoms with E-state index in [1.165, 1.54) is 67.9 Å².